The molecular weight excluding hydrogens is 342 g/mol. The second-order valence-electron chi connectivity index (χ2n) is 5.48. The molecule has 4 rings (SSSR count). The van der Waals surface area contributed by atoms with Crippen molar-refractivity contribution in [3.63, 3.8) is 0 Å². The smallest absolute Gasteiger partial charge is 0.183 e. The molecule has 0 atom stereocenters. The topological polar surface area (TPSA) is 95.7 Å². The summed E-state index contributed by atoms with van der Waals surface area (Å²) >= 11 is 0. The molecule has 0 amide bonds. The summed E-state index contributed by atoms with van der Waals surface area (Å²) in [6.07, 6.45) is 2.39. The van der Waals surface area contributed by atoms with Crippen LogP contribution < -0.4 is 5.73 Å². The van der Waals surface area contributed by atoms with Gasteiger partial charge in [0, 0.05) is 11.6 Å². The van der Waals surface area contributed by atoms with Crippen molar-refractivity contribution in [2.45, 2.75) is 6.54 Å². The number of nitrogens with two attached hydrogens (primary N) is 1. The van der Waals surface area contributed by atoms with Crippen molar-refractivity contribution in [1.29, 1.82) is 0 Å². The number of anilines is 1. The number of nitrogen functional groups attached to an aromatic ring is 1. The van der Waals surface area contributed by atoms with E-state index in [1.54, 1.807) is 35.0 Å². The Morgan fingerprint density at radius 3 is 2.65 bits per heavy atom. The highest BCUT2D eigenvalue weighted by Gasteiger charge is 2.17. The van der Waals surface area contributed by atoms with E-state index in [1.807, 2.05) is 0 Å². The van der Waals surface area contributed by atoms with Crippen LogP contribution in [0.3, 0.4) is 0 Å². The van der Waals surface area contributed by atoms with Crippen molar-refractivity contribution >= 4 is 5.82 Å². The van der Waals surface area contributed by atoms with Gasteiger partial charge in [-0.3, -0.25) is 4.68 Å². The molecule has 0 aliphatic rings. The molecule has 7 nitrogen and oxygen atoms in total. The van der Waals surface area contributed by atoms with E-state index in [1.165, 1.54) is 12.3 Å². The minimum atomic E-state index is -0.712. The second-order valence-corrected chi connectivity index (χ2v) is 5.48. The van der Waals surface area contributed by atoms with Crippen LogP contribution in [-0.2, 0) is 6.54 Å². The lowest BCUT2D eigenvalue weighted by Gasteiger charge is -2.06. The Hall–Kier alpha value is -3.62. The summed E-state index contributed by atoms with van der Waals surface area (Å²) in [5.74, 6) is -1.18. The fourth-order valence-electron chi connectivity index (χ4n) is 2.49. The van der Waals surface area contributed by atoms with Gasteiger partial charge in [0.2, 0.25) is 0 Å². The molecule has 4 aromatic rings. The Morgan fingerprint density at radius 1 is 1.08 bits per heavy atom. The van der Waals surface area contributed by atoms with E-state index in [2.05, 4.69) is 20.2 Å². The van der Waals surface area contributed by atoms with Crippen LogP contribution in [0.1, 0.15) is 5.56 Å². The van der Waals surface area contributed by atoms with Crippen molar-refractivity contribution in [3.05, 3.63) is 66.1 Å². The van der Waals surface area contributed by atoms with Gasteiger partial charge in [-0.2, -0.15) is 5.10 Å². The minimum absolute atomic E-state index is 0.154. The first-order valence-corrected chi connectivity index (χ1v) is 7.62. The molecule has 0 fully saturated rings. The van der Waals surface area contributed by atoms with Gasteiger partial charge in [-0.25, -0.2) is 18.7 Å². The molecular formula is C17H12F2N6O. The van der Waals surface area contributed by atoms with E-state index in [0.717, 1.165) is 6.20 Å². The molecule has 0 bridgehead atoms. The van der Waals surface area contributed by atoms with Gasteiger partial charge in [0.1, 0.15) is 23.5 Å². The van der Waals surface area contributed by atoms with Gasteiger partial charge in [0.15, 0.2) is 17.5 Å². The Labute approximate surface area is 146 Å². The largest absolute Gasteiger partial charge is 0.381 e. The highest BCUT2D eigenvalue weighted by atomic mass is 19.1. The van der Waals surface area contributed by atoms with E-state index < -0.39 is 5.82 Å². The summed E-state index contributed by atoms with van der Waals surface area (Å²) < 4.78 is 33.8. The molecule has 3 aromatic heterocycles. The van der Waals surface area contributed by atoms with Gasteiger partial charge >= 0.3 is 0 Å². The lowest BCUT2D eigenvalue weighted by molar-refractivity contribution is 0.421. The first-order chi connectivity index (χ1) is 12.6. The summed E-state index contributed by atoms with van der Waals surface area (Å²) in [4.78, 5) is 7.81. The van der Waals surface area contributed by atoms with Crippen LogP contribution in [0.5, 0.6) is 0 Å². The van der Waals surface area contributed by atoms with Crippen LogP contribution in [0, 0.1) is 11.6 Å². The Balaban J connectivity index is 1.80. The number of hydrogen-bond donors (Lipinski definition) is 1. The van der Waals surface area contributed by atoms with Gasteiger partial charge < -0.3 is 10.3 Å². The summed E-state index contributed by atoms with van der Waals surface area (Å²) in [5.41, 5.74) is 7.39. The number of hydrogen-bond acceptors (Lipinski definition) is 6. The number of benzene rings is 1. The lowest BCUT2D eigenvalue weighted by atomic mass is 10.2. The zero-order valence-corrected chi connectivity index (χ0v) is 13.3. The number of halogens is 2. The molecule has 0 saturated heterocycles. The zero-order chi connectivity index (χ0) is 18.1. The number of rotatable bonds is 4. The summed E-state index contributed by atoms with van der Waals surface area (Å²) in [5, 5.41) is 8.30. The zero-order valence-electron chi connectivity index (χ0n) is 13.3. The van der Waals surface area contributed by atoms with Crippen molar-refractivity contribution in [1.82, 2.24) is 24.9 Å². The Kier molecular flexibility index (Phi) is 3.88. The molecule has 130 valence electrons. The summed E-state index contributed by atoms with van der Waals surface area (Å²) in [6.45, 7) is 0.158. The van der Waals surface area contributed by atoms with E-state index in [-0.39, 0.29) is 24.0 Å². The molecule has 0 aliphatic carbocycles. The van der Waals surface area contributed by atoms with E-state index in [0.29, 0.717) is 22.6 Å². The van der Waals surface area contributed by atoms with Gasteiger partial charge in [-0.15, -0.1) is 0 Å². The molecule has 0 saturated carbocycles. The molecule has 9 heteroatoms. The molecule has 0 aliphatic heterocycles. The molecule has 26 heavy (non-hydrogen) atoms. The van der Waals surface area contributed by atoms with Crippen LogP contribution in [0.4, 0.5) is 14.6 Å². The van der Waals surface area contributed by atoms with Crippen LogP contribution in [0.25, 0.3) is 22.9 Å². The van der Waals surface area contributed by atoms with Crippen molar-refractivity contribution < 1.29 is 13.3 Å². The van der Waals surface area contributed by atoms with Crippen molar-refractivity contribution in [3.8, 4) is 22.9 Å². The summed E-state index contributed by atoms with van der Waals surface area (Å²) in [7, 11) is 0. The maximum atomic E-state index is 14.0. The van der Waals surface area contributed by atoms with Gasteiger partial charge in [0.05, 0.1) is 18.4 Å². The maximum Gasteiger partial charge on any atom is 0.183 e. The number of aromatic nitrogens is 5. The van der Waals surface area contributed by atoms with Gasteiger partial charge in [0.25, 0.3) is 0 Å². The minimum Gasteiger partial charge on any atom is -0.381 e. The average Bonchev–Trinajstić information content (AvgIpc) is 3.29. The lowest BCUT2D eigenvalue weighted by Crippen LogP contribution is -2.06. The van der Waals surface area contributed by atoms with Gasteiger partial charge in [-0.1, -0.05) is 23.4 Å². The first kappa shape index (κ1) is 15.9. The predicted octanol–water partition coefficient (Wildman–Crippen LogP) is 2.90. The van der Waals surface area contributed by atoms with E-state index >= 15 is 0 Å². The highest BCUT2D eigenvalue weighted by Crippen LogP contribution is 2.25. The van der Waals surface area contributed by atoms with Crippen LogP contribution >= 0.6 is 0 Å². The van der Waals surface area contributed by atoms with Gasteiger partial charge in [-0.05, 0) is 12.1 Å². The predicted molar refractivity (Wildman–Crippen MR) is 88.6 cm³/mol. The molecule has 0 radical (unpaired) electrons. The normalized spacial score (nSPS) is 11.0. The fourth-order valence-corrected chi connectivity index (χ4v) is 2.49. The van der Waals surface area contributed by atoms with Crippen LogP contribution in [0.2, 0.25) is 0 Å². The third-order valence-corrected chi connectivity index (χ3v) is 3.76. The highest BCUT2D eigenvalue weighted by molar-refractivity contribution is 5.63. The number of nitrogens with zero attached hydrogens (tertiary/aromatic N) is 5. The molecule has 3 heterocycles. The third kappa shape index (κ3) is 2.90. The van der Waals surface area contributed by atoms with Crippen molar-refractivity contribution in [2.24, 2.45) is 0 Å². The quantitative estimate of drug-likeness (QED) is 0.605. The Morgan fingerprint density at radius 2 is 1.92 bits per heavy atom. The second kappa shape index (κ2) is 6.36. The Bertz CT molecular complexity index is 1060. The maximum absolute atomic E-state index is 14.0. The van der Waals surface area contributed by atoms with Crippen LogP contribution in [-0.4, -0.2) is 24.9 Å². The average molecular weight is 354 g/mol. The first-order valence-electron chi connectivity index (χ1n) is 7.62. The fraction of sp³-hybridized carbons (Fsp3) is 0.0588. The molecule has 0 spiro atoms. The van der Waals surface area contributed by atoms with E-state index in [4.69, 9.17) is 10.3 Å². The monoisotopic (exact) mass is 354 g/mol. The standard InChI is InChI=1S/C17H12F2N6O/c18-11-4-2-1-3-10(11)9-25-15(13-5-6-26-24-13)7-14(23-25)17-21-8-12(19)16(20)22-17/h1-8H,9H2,(H2,20,21,22). The molecule has 2 N–H and O–H groups in total. The third-order valence-electron chi connectivity index (χ3n) is 3.76. The molecule has 1 aromatic carbocycles. The summed E-state index contributed by atoms with van der Waals surface area (Å²) in [6, 6.07) is 9.70. The SMILES string of the molecule is Nc1nc(-c2cc(-c3ccon3)n(Cc3ccccc3F)n2)ncc1F. The van der Waals surface area contributed by atoms with E-state index in [9.17, 15) is 8.78 Å². The van der Waals surface area contributed by atoms with Crippen LogP contribution in [0.15, 0.2) is 53.4 Å². The molecule has 0 unspecified atom stereocenters. The van der Waals surface area contributed by atoms with Crippen molar-refractivity contribution in [2.75, 3.05) is 5.73 Å².